The van der Waals surface area contributed by atoms with Crippen molar-refractivity contribution < 1.29 is 9.84 Å². The van der Waals surface area contributed by atoms with Crippen LogP contribution in [0.3, 0.4) is 0 Å². The van der Waals surface area contributed by atoms with Gasteiger partial charge in [-0.05, 0) is 56.5 Å². The molecule has 21 heavy (non-hydrogen) atoms. The number of hydrogen-bond acceptors (Lipinski definition) is 3. The molecule has 0 aliphatic rings. The Bertz CT molecular complexity index is 712. The second-order valence-corrected chi connectivity index (χ2v) is 5.30. The van der Waals surface area contributed by atoms with E-state index in [4.69, 9.17) is 10.00 Å². The van der Waals surface area contributed by atoms with Gasteiger partial charge in [-0.2, -0.15) is 5.26 Å². The van der Waals surface area contributed by atoms with Crippen molar-refractivity contribution in [2.24, 2.45) is 0 Å². The number of nitrogens with zero attached hydrogens (tertiary/aromatic N) is 1. The van der Waals surface area contributed by atoms with Crippen LogP contribution < -0.4 is 4.74 Å². The maximum absolute atomic E-state index is 9.88. The second kappa shape index (κ2) is 5.99. The summed E-state index contributed by atoms with van der Waals surface area (Å²) in [6, 6.07) is 11.3. The number of ether oxygens (including phenoxy) is 1. The summed E-state index contributed by atoms with van der Waals surface area (Å²) < 4.78 is 6.04. The highest BCUT2D eigenvalue weighted by atomic mass is 16.5. The molecule has 0 aliphatic heterocycles. The van der Waals surface area contributed by atoms with Crippen LogP contribution in [-0.2, 0) is 0 Å². The number of aliphatic hydroxyl groups is 1. The van der Waals surface area contributed by atoms with Crippen molar-refractivity contribution in [3.05, 3.63) is 58.1 Å². The Kier molecular flexibility index (Phi) is 4.30. The molecule has 0 heterocycles. The van der Waals surface area contributed by atoms with Crippen molar-refractivity contribution in [3.8, 4) is 17.6 Å². The normalized spacial score (nSPS) is 11.8. The molecule has 0 radical (unpaired) electrons. The van der Waals surface area contributed by atoms with Crippen molar-refractivity contribution in [2.75, 3.05) is 0 Å². The van der Waals surface area contributed by atoms with Crippen molar-refractivity contribution in [1.29, 1.82) is 5.26 Å². The number of rotatable bonds is 3. The zero-order valence-electron chi connectivity index (χ0n) is 12.8. The highest BCUT2D eigenvalue weighted by Crippen LogP contribution is 2.35. The Morgan fingerprint density at radius 3 is 2.38 bits per heavy atom. The van der Waals surface area contributed by atoms with Gasteiger partial charge in [-0.15, -0.1) is 0 Å². The molecule has 1 N–H and O–H groups in total. The molecule has 0 bridgehead atoms. The topological polar surface area (TPSA) is 53.2 Å². The quantitative estimate of drug-likeness (QED) is 0.911. The van der Waals surface area contributed by atoms with E-state index in [9.17, 15) is 5.11 Å². The molecular weight excluding hydrogens is 262 g/mol. The van der Waals surface area contributed by atoms with Gasteiger partial charge in [0.05, 0.1) is 17.7 Å². The van der Waals surface area contributed by atoms with Gasteiger partial charge in [0.1, 0.15) is 11.5 Å². The molecule has 0 amide bonds. The molecule has 3 nitrogen and oxygen atoms in total. The maximum atomic E-state index is 9.88. The van der Waals surface area contributed by atoms with E-state index in [2.05, 4.69) is 12.1 Å². The number of benzene rings is 2. The summed E-state index contributed by atoms with van der Waals surface area (Å²) in [5, 5.41) is 18.9. The highest BCUT2D eigenvalue weighted by Gasteiger charge is 2.14. The molecule has 108 valence electrons. The van der Waals surface area contributed by atoms with E-state index < -0.39 is 6.10 Å². The number of hydrogen-bond donors (Lipinski definition) is 1. The minimum Gasteiger partial charge on any atom is -0.456 e. The largest absolute Gasteiger partial charge is 0.456 e. The third-order valence-corrected chi connectivity index (χ3v) is 3.68. The lowest BCUT2D eigenvalue weighted by Gasteiger charge is -2.17. The van der Waals surface area contributed by atoms with Crippen LogP contribution in [0.25, 0.3) is 0 Å². The molecule has 0 saturated heterocycles. The number of aliphatic hydroxyl groups excluding tert-OH is 1. The van der Waals surface area contributed by atoms with E-state index >= 15 is 0 Å². The van der Waals surface area contributed by atoms with Crippen LogP contribution in [0.15, 0.2) is 30.3 Å². The van der Waals surface area contributed by atoms with Crippen LogP contribution in [0.5, 0.6) is 11.5 Å². The fraction of sp³-hybridized carbons (Fsp3) is 0.278. The average Bonchev–Trinajstić information content (AvgIpc) is 2.47. The maximum Gasteiger partial charge on any atom is 0.134 e. The lowest BCUT2D eigenvalue weighted by Crippen LogP contribution is -1.99. The molecule has 2 aromatic carbocycles. The summed E-state index contributed by atoms with van der Waals surface area (Å²) in [6.07, 6.45) is -0.654. The van der Waals surface area contributed by atoms with E-state index in [1.165, 1.54) is 0 Å². The van der Waals surface area contributed by atoms with Crippen LogP contribution in [0, 0.1) is 32.1 Å². The Morgan fingerprint density at radius 1 is 1.10 bits per heavy atom. The molecule has 0 aliphatic carbocycles. The lowest BCUT2D eigenvalue weighted by molar-refractivity contribution is 0.195. The molecule has 0 aromatic heterocycles. The third kappa shape index (κ3) is 3.07. The third-order valence-electron chi connectivity index (χ3n) is 3.68. The summed E-state index contributed by atoms with van der Waals surface area (Å²) in [5.74, 6) is 1.31. The van der Waals surface area contributed by atoms with E-state index in [0.29, 0.717) is 16.9 Å². The van der Waals surface area contributed by atoms with E-state index in [0.717, 1.165) is 22.4 Å². The molecule has 1 atom stereocenters. The Balaban J connectivity index is 2.53. The average molecular weight is 281 g/mol. The van der Waals surface area contributed by atoms with Gasteiger partial charge in [-0.25, -0.2) is 0 Å². The monoisotopic (exact) mass is 281 g/mol. The van der Waals surface area contributed by atoms with Gasteiger partial charge >= 0.3 is 0 Å². The minimum atomic E-state index is -0.654. The van der Waals surface area contributed by atoms with Gasteiger partial charge in [-0.1, -0.05) is 18.2 Å². The first kappa shape index (κ1) is 15.1. The molecule has 3 heteroatoms. The van der Waals surface area contributed by atoms with Crippen LogP contribution >= 0.6 is 0 Å². The van der Waals surface area contributed by atoms with Gasteiger partial charge in [0.25, 0.3) is 0 Å². The van der Waals surface area contributed by atoms with Gasteiger partial charge in [0.2, 0.25) is 0 Å². The van der Waals surface area contributed by atoms with Gasteiger partial charge in [0.15, 0.2) is 0 Å². The zero-order valence-corrected chi connectivity index (χ0v) is 12.8. The summed E-state index contributed by atoms with van der Waals surface area (Å²) in [4.78, 5) is 0. The van der Waals surface area contributed by atoms with Gasteiger partial charge < -0.3 is 9.84 Å². The van der Waals surface area contributed by atoms with Crippen LogP contribution in [0.4, 0.5) is 0 Å². The van der Waals surface area contributed by atoms with Crippen LogP contribution in [0.1, 0.15) is 40.8 Å². The number of nitriles is 1. The SMILES string of the molecule is Cc1ccc(C)c(Oc2cc(C#N)ccc2[C@@H](C)O)c1C. The van der Waals surface area contributed by atoms with E-state index in [-0.39, 0.29) is 0 Å². The standard InChI is InChI=1S/C18H19NO2/c1-11-5-6-12(2)18(13(11)3)21-17-9-15(10-19)7-8-16(17)14(4)20/h5-9,14,20H,1-4H3/t14-/m1/s1. The predicted octanol–water partition coefficient (Wildman–Crippen LogP) is 4.33. The minimum absolute atomic E-state index is 0.511. The molecule has 0 saturated carbocycles. The van der Waals surface area contributed by atoms with Crippen molar-refractivity contribution in [2.45, 2.75) is 33.8 Å². The molecule has 0 fully saturated rings. The summed E-state index contributed by atoms with van der Waals surface area (Å²) in [6.45, 7) is 7.71. The van der Waals surface area contributed by atoms with Crippen LogP contribution in [-0.4, -0.2) is 5.11 Å². The Labute approximate surface area is 125 Å². The fourth-order valence-electron chi connectivity index (χ4n) is 2.23. The highest BCUT2D eigenvalue weighted by molar-refractivity contribution is 5.50. The first-order chi connectivity index (χ1) is 9.93. The molecule has 0 unspecified atom stereocenters. The van der Waals surface area contributed by atoms with Crippen molar-refractivity contribution >= 4 is 0 Å². The fourth-order valence-corrected chi connectivity index (χ4v) is 2.23. The summed E-state index contributed by atoms with van der Waals surface area (Å²) >= 11 is 0. The van der Waals surface area contributed by atoms with Crippen molar-refractivity contribution in [3.63, 3.8) is 0 Å². The van der Waals surface area contributed by atoms with Gasteiger partial charge in [0, 0.05) is 5.56 Å². The predicted molar refractivity (Wildman–Crippen MR) is 82.5 cm³/mol. The lowest BCUT2D eigenvalue weighted by atomic mass is 10.0. The first-order valence-corrected chi connectivity index (χ1v) is 6.90. The summed E-state index contributed by atoms with van der Waals surface area (Å²) in [7, 11) is 0. The molecular formula is C18H19NO2. The van der Waals surface area contributed by atoms with Crippen LogP contribution in [0.2, 0.25) is 0 Å². The van der Waals surface area contributed by atoms with E-state index in [1.54, 1.807) is 25.1 Å². The number of aryl methyl sites for hydroxylation is 2. The zero-order chi connectivity index (χ0) is 15.6. The Hall–Kier alpha value is -2.31. The molecule has 0 spiro atoms. The van der Waals surface area contributed by atoms with E-state index in [1.807, 2.05) is 26.8 Å². The smallest absolute Gasteiger partial charge is 0.134 e. The Morgan fingerprint density at radius 2 is 1.76 bits per heavy atom. The molecule has 2 aromatic rings. The van der Waals surface area contributed by atoms with Gasteiger partial charge in [-0.3, -0.25) is 0 Å². The first-order valence-electron chi connectivity index (χ1n) is 6.90. The van der Waals surface area contributed by atoms with Crippen molar-refractivity contribution in [1.82, 2.24) is 0 Å². The second-order valence-electron chi connectivity index (χ2n) is 5.30. The molecule has 2 rings (SSSR count). The summed E-state index contributed by atoms with van der Waals surface area (Å²) in [5.41, 5.74) is 4.42.